The first-order valence-corrected chi connectivity index (χ1v) is 9.84. The first-order valence-electron chi connectivity index (χ1n) is 9.84. The van der Waals surface area contributed by atoms with Crippen molar-refractivity contribution in [3.8, 4) is 11.3 Å². The fraction of sp³-hybridized carbons (Fsp3) is 0.304. The van der Waals surface area contributed by atoms with Gasteiger partial charge in [0, 0.05) is 48.9 Å². The van der Waals surface area contributed by atoms with Crippen LogP contribution >= 0.6 is 0 Å². The predicted molar refractivity (Wildman–Crippen MR) is 108 cm³/mol. The van der Waals surface area contributed by atoms with Crippen molar-refractivity contribution in [3.63, 3.8) is 0 Å². The third kappa shape index (κ3) is 3.07. The molecule has 1 aromatic heterocycles. The summed E-state index contributed by atoms with van der Waals surface area (Å²) in [4.78, 5) is 17.4. The lowest BCUT2D eigenvalue weighted by Crippen LogP contribution is -2.34. The number of amides is 1. The summed E-state index contributed by atoms with van der Waals surface area (Å²) in [6, 6.07) is 22.1. The van der Waals surface area contributed by atoms with E-state index in [4.69, 9.17) is 4.52 Å². The van der Waals surface area contributed by atoms with Gasteiger partial charge < -0.3 is 14.3 Å². The molecule has 2 aliphatic rings. The second kappa shape index (κ2) is 6.82. The molecule has 1 spiro atoms. The molecule has 0 N–H and O–H groups in total. The van der Waals surface area contributed by atoms with E-state index in [0.29, 0.717) is 11.5 Å². The molecule has 28 heavy (non-hydrogen) atoms. The zero-order valence-corrected chi connectivity index (χ0v) is 15.8. The van der Waals surface area contributed by atoms with Crippen molar-refractivity contribution in [2.45, 2.75) is 12.8 Å². The van der Waals surface area contributed by atoms with Gasteiger partial charge in [-0.25, -0.2) is 0 Å². The lowest BCUT2D eigenvalue weighted by atomic mass is 9.86. The molecule has 0 aliphatic carbocycles. The molecule has 2 fully saturated rings. The molecule has 1 atom stereocenters. The zero-order chi connectivity index (χ0) is 19.0. The van der Waals surface area contributed by atoms with Crippen molar-refractivity contribution < 1.29 is 9.32 Å². The number of rotatable bonds is 3. The summed E-state index contributed by atoms with van der Waals surface area (Å²) in [5.74, 6) is 0.606. The number of hydrogen-bond donors (Lipinski definition) is 0. The molecule has 0 radical (unpaired) electrons. The quantitative estimate of drug-likeness (QED) is 0.694. The average Bonchev–Trinajstić information content (AvgIpc) is 3.50. The van der Waals surface area contributed by atoms with Crippen LogP contribution in [0.5, 0.6) is 0 Å². The molecular weight excluding hydrogens is 350 g/mol. The summed E-state index contributed by atoms with van der Waals surface area (Å²) in [5, 5.41) is 4.04. The molecule has 0 saturated carbocycles. The van der Waals surface area contributed by atoms with Crippen molar-refractivity contribution in [2.24, 2.45) is 5.41 Å². The van der Waals surface area contributed by atoms with E-state index in [1.54, 1.807) is 6.07 Å². The molecule has 5 heteroatoms. The van der Waals surface area contributed by atoms with Gasteiger partial charge in [0.1, 0.15) is 0 Å². The number of carbonyl (C=O) groups excluding carboxylic acids is 1. The maximum atomic E-state index is 13.0. The Labute approximate surface area is 164 Å². The van der Waals surface area contributed by atoms with Crippen LogP contribution in [0.4, 0.5) is 5.69 Å². The maximum absolute atomic E-state index is 13.0. The Balaban J connectivity index is 1.28. The van der Waals surface area contributed by atoms with E-state index < -0.39 is 0 Å². The van der Waals surface area contributed by atoms with Gasteiger partial charge in [0.25, 0.3) is 5.91 Å². The van der Waals surface area contributed by atoms with Gasteiger partial charge in [-0.3, -0.25) is 4.79 Å². The number of para-hydroxylation sites is 1. The largest absolute Gasteiger partial charge is 0.371 e. The molecular formula is C23H23N3O2. The second-order valence-corrected chi connectivity index (χ2v) is 7.93. The Morgan fingerprint density at radius 2 is 1.64 bits per heavy atom. The van der Waals surface area contributed by atoms with Gasteiger partial charge in [0.05, 0.1) is 0 Å². The van der Waals surface area contributed by atoms with Crippen LogP contribution in [0.15, 0.2) is 71.3 Å². The first-order chi connectivity index (χ1) is 13.7. The molecule has 2 saturated heterocycles. The Bertz CT molecular complexity index is 970. The number of nitrogens with zero attached hydrogens (tertiary/aromatic N) is 3. The summed E-state index contributed by atoms with van der Waals surface area (Å²) in [6.07, 6.45) is 2.17. The van der Waals surface area contributed by atoms with Crippen LogP contribution in [0.2, 0.25) is 0 Å². The van der Waals surface area contributed by atoms with Crippen LogP contribution in [0.25, 0.3) is 11.3 Å². The molecule has 1 amide bonds. The molecule has 5 nitrogen and oxygen atoms in total. The molecule has 1 unspecified atom stereocenters. The van der Waals surface area contributed by atoms with Crippen LogP contribution in [0, 0.1) is 5.41 Å². The van der Waals surface area contributed by atoms with Crippen LogP contribution in [0.3, 0.4) is 0 Å². The highest BCUT2D eigenvalue weighted by Crippen LogP contribution is 2.41. The molecule has 142 valence electrons. The smallest absolute Gasteiger partial charge is 0.276 e. The highest BCUT2D eigenvalue weighted by atomic mass is 16.5. The van der Waals surface area contributed by atoms with Crippen molar-refractivity contribution in [1.82, 2.24) is 10.1 Å². The highest BCUT2D eigenvalue weighted by molar-refractivity contribution is 5.93. The monoisotopic (exact) mass is 373 g/mol. The number of anilines is 1. The second-order valence-electron chi connectivity index (χ2n) is 7.93. The van der Waals surface area contributed by atoms with Crippen LogP contribution < -0.4 is 4.90 Å². The Morgan fingerprint density at radius 3 is 2.43 bits per heavy atom. The number of benzene rings is 2. The standard InChI is InChI=1S/C23H23N3O2/c27-22(20-15-21(28-24-20)18-7-3-1-4-8-18)26-14-12-23(17-26)11-13-25(16-23)19-9-5-2-6-10-19/h1-10,15H,11-14,16-17H2. The average molecular weight is 373 g/mol. The predicted octanol–water partition coefficient (Wildman–Crippen LogP) is 4.08. The minimum absolute atomic E-state index is 0.0269. The fourth-order valence-corrected chi connectivity index (χ4v) is 4.51. The third-order valence-corrected chi connectivity index (χ3v) is 6.07. The number of carbonyl (C=O) groups is 1. The topological polar surface area (TPSA) is 49.6 Å². The molecule has 5 rings (SSSR count). The lowest BCUT2D eigenvalue weighted by molar-refractivity contribution is 0.0765. The summed E-state index contributed by atoms with van der Waals surface area (Å²) >= 11 is 0. The minimum atomic E-state index is -0.0269. The molecule has 3 aromatic rings. The third-order valence-electron chi connectivity index (χ3n) is 6.07. The molecule has 2 aromatic carbocycles. The minimum Gasteiger partial charge on any atom is -0.371 e. The first kappa shape index (κ1) is 17.0. The Morgan fingerprint density at radius 1 is 0.929 bits per heavy atom. The van der Waals surface area contributed by atoms with E-state index in [0.717, 1.165) is 44.6 Å². The van der Waals surface area contributed by atoms with Crippen molar-refractivity contribution in [1.29, 1.82) is 0 Å². The number of hydrogen-bond acceptors (Lipinski definition) is 4. The SMILES string of the molecule is O=C(c1cc(-c2ccccc2)on1)N1CCC2(CCN(c3ccccc3)C2)C1. The van der Waals surface area contributed by atoms with Gasteiger partial charge in [-0.05, 0) is 25.0 Å². The van der Waals surface area contributed by atoms with Gasteiger partial charge in [-0.15, -0.1) is 0 Å². The van der Waals surface area contributed by atoms with Crippen molar-refractivity contribution in [3.05, 3.63) is 72.4 Å². The molecule has 3 heterocycles. The summed E-state index contributed by atoms with van der Waals surface area (Å²) in [5.41, 5.74) is 2.79. The Kier molecular flexibility index (Phi) is 4.15. The number of likely N-dealkylation sites (tertiary alicyclic amines) is 1. The zero-order valence-electron chi connectivity index (χ0n) is 15.8. The van der Waals surface area contributed by atoms with Gasteiger partial charge in [-0.1, -0.05) is 53.7 Å². The van der Waals surface area contributed by atoms with E-state index in [9.17, 15) is 4.79 Å². The fourth-order valence-electron chi connectivity index (χ4n) is 4.51. The molecule has 0 bridgehead atoms. The van der Waals surface area contributed by atoms with E-state index in [1.165, 1.54) is 5.69 Å². The van der Waals surface area contributed by atoms with Crippen LogP contribution in [-0.4, -0.2) is 42.1 Å². The maximum Gasteiger partial charge on any atom is 0.276 e. The van der Waals surface area contributed by atoms with Crippen molar-refractivity contribution >= 4 is 11.6 Å². The van der Waals surface area contributed by atoms with Gasteiger partial charge in [0.2, 0.25) is 0 Å². The highest BCUT2D eigenvalue weighted by Gasteiger charge is 2.45. The molecule has 2 aliphatic heterocycles. The lowest BCUT2D eigenvalue weighted by Gasteiger charge is -2.25. The van der Waals surface area contributed by atoms with Gasteiger partial charge in [0.15, 0.2) is 11.5 Å². The van der Waals surface area contributed by atoms with E-state index in [-0.39, 0.29) is 11.3 Å². The Hall–Kier alpha value is -3.08. The van der Waals surface area contributed by atoms with E-state index in [1.807, 2.05) is 41.3 Å². The van der Waals surface area contributed by atoms with E-state index >= 15 is 0 Å². The number of aromatic nitrogens is 1. The summed E-state index contributed by atoms with van der Waals surface area (Å²) in [6.45, 7) is 3.64. The van der Waals surface area contributed by atoms with E-state index in [2.05, 4.69) is 34.3 Å². The van der Waals surface area contributed by atoms with Crippen molar-refractivity contribution in [2.75, 3.05) is 31.1 Å². The van der Waals surface area contributed by atoms with Crippen LogP contribution in [-0.2, 0) is 0 Å². The normalized spacial score (nSPS) is 21.6. The summed E-state index contributed by atoms with van der Waals surface area (Å²) in [7, 11) is 0. The van der Waals surface area contributed by atoms with Gasteiger partial charge >= 0.3 is 0 Å². The summed E-state index contributed by atoms with van der Waals surface area (Å²) < 4.78 is 5.42. The van der Waals surface area contributed by atoms with Crippen LogP contribution in [0.1, 0.15) is 23.3 Å². The van der Waals surface area contributed by atoms with Gasteiger partial charge in [-0.2, -0.15) is 0 Å².